The van der Waals surface area contributed by atoms with Gasteiger partial charge in [0.15, 0.2) is 0 Å². The predicted molar refractivity (Wildman–Crippen MR) is 83.9 cm³/mol. The first-order chi connectivity index (χ1) is 10.5. The lowest BCUT2D eigenvalue weighted by atomic mass is 9.96. The van der Waals surface area contributed by atoms with Crippen molar-refractivity contribution in [3.8, 4) is 0 Å². The number of hydrogen-bond acceptors (Lipinski definition) is 4. The molecule has 1 fully saturated rings. The maximum Gasteiger partial charge on any atom is 0.336 e. The van der Waals surface area contributed by atoms with Crippen molar-refractivity contribution >= 4 is 21.7 Å². The van der Waals surface area contributed by atoms with E-state index in [1.54, 1.807) is 16.4 Å². The largest absolute Gasteiger partial charge is 0.478 e. The van der Waals surface area contributed by atoms with Gasteiger partial charge in [-0.25, -0.2) is 17.5 Å². The van der Waals surface area contributed by atoms with Crippen molar-refractivity contribution in [3.05, 3.63) is 29.3 Å². The zero-order chi connectivity index (χ0) is 15.7. The topological polar surface area (TPSA) is 77.9 Å². The molecule has 120 valence electrons. The minimum Gasteiger partial charge on any atom is -0.478 e. The van der Waals surface area contributed by atoms with Crippen molar-refractivity contribution < 1.29 is 18.3 Å². The summed E-state index contributed by atoms with van der Waals surface area (Å²) in [6.07, 6.45) is 2.35. The van der Waals surface area contributed by atoms with E-state index in [0.29, 0.717) is 31.6 Å². The summed E-state index contributed by atoms with van der Waals surface area (Å²) in [6.45, 7) is 2.51. The zero-order valence-electron chi connectivity index (χ0n) is 12.4. The van der Waals surface area contributed by atoms with E-state index in [1.165, 1.54) is 0 Å². The van der Waals surface area contributed by atoms with Crippen molar-refractivity contribution in [1.82, 2.24) is 4.31 Å². The second-order valence-corrected chi connectivity index (χ2v) is 7.86. The minimum atomic E-state index is -3.07. The number of nitrogens with zero attached hydrogens (tertiary/aromatic N) is 2. The fourth-order valence-electron chi connectivity index (χ4n) is 3.31. The second-order valence-electron chi connectivity index (χ2n) is 5.77. The fourth-order valence-corrected chi connectivity index (χ4v) is 4.83. The average molecular weight is 324 g/mol. The molecule has 0 aliphatic carbocycles. The van der Waals surface area contributed by atoms with Gasteiger partial charge in [0.05, 0.1) is 11.3 Å². The molecular weight excluding hydrogens is 304 g/mol. The average Bonchev–Trinajstić information content (AvgIpc) is 2.83. The molecule has 0 unspecified atom stereocenters. The van der Waals surface area contributed by atoms with Crippen LogP contribution >= 0.6 is 0 Å². The maximum absolute atomic E-state index is 11.9. The molecule has 0 amide bonds. The van der Waals surface area contributed by atoms with Crippen molar-refractivity contribution in [2.45, 2.75) is 19.3 Å². The molecule has 1 saturated heterocycles. The Bertz CT molecular complexity index is 687. The number of aromatic carboxylic acids is 1. The summed E-state index contributed by atoms with van der Waals surface area (Å²) in [4.78, 5) is 13.4. The summed E-state index contributed by atoms with van der Waals surface area (Å²) >= 11 is 0. The van der Waals surface area contributed by atoms with E-state index in [4.69, 9.17) is 0 Å². The predicted octanol–water partition coefficient (Wildman–Crippen LogP) is 1.17. The van der Waals surface area contributed by atoms with Crippen LogP contribution in [0.4, 0.5) is 5.69 Å². The number of anilines is 1. The van der Waals surface area contributed by atoms with Crippen molar-refractivity contribution in [2.75, 3.05) is 36.8 Å². The van der Waals surface area contributed by atoms with Gasteiger partial charge in [0.2, 0.25) is 10.0 Å². The van der Waals surface area contributed by atoms with Gasteiger partial charge in [0.1, 0.15) is 0 Å². The molecule has 3 rings (SSSR count). The van der Waals surface area contributed by atoms with Crippen molar-refractivity contribution in [2.24, 2.45) is 0 Å². The summed E-state index contributed by atoms with van der Waals surface area (Å²) in [5.74, 6) is -0.659. The first kappa shape index (κ1) is 15.3. The smallest absolute Gasteiger partial charge is 0.336 e. The fraction of sp³-hybridized carbons (Fsp3) is 0.533. The molecule has 6 nitrogen and oxygen atoms in total. The number of carboxylic acids is 1. The molecule has 0 saturated carbocycles. The van der Waals surface area contributed by atoms with Gasteiger partial charge < -0.3 is 10.0 Å². The lowest BCUT2D eigenvalue weighted by Gasteiger charge is -2.33. The standard InChI is InChI=1S/C15H20N2O4S/c18-15(19)13-4-1-6-14-12(13)5-2-7-16(14)9-10-17-8-3-11-22(17,20)21/h1,4,6H,2-3,5,7-11H2,(H,18,19). The van der Waals surface area contributed by atoms with Crippen LogP contribution < -0.4 is 4.90 Å². The number of hydrogen-bond donors (Lipinski definition) is 1. The van der Waals surface area contributed by atoms with Crippen LogP contribution in [0.5, 0.6) is 0 Å². The lowest BCUT2D eigenvalue weighted by molar-refractivity contribution is 0.0695. The molecule has 0 radical (unpaired) electrons. The first-order valence-corrected chi connectivity index (χ1v) is 9.18. The van der Waals surface area contributed by atoms with Gasteiger partial charge in [-0.1, -0.05) is 6.07 Å². The molecule has 0 atom stereocenters. The third-order valence-electron chi connectivity index (χ3n) is 4.40. The lowest BCUT2D eigenvalue weighted by Crippen LogP contribution is -2.38. The summed E-state index contributed by atoms with van der Waals surface area (Å²) in [5.41, 5.74) is 2.16. The minimum absolute atomic E-state index is 0.243. The van der Waals surface area contributed by atoms with Crippen LogP contribution in [0, 0.1) is 0 Å². The number of carboxylic acid groups (broad SMARTS) is 1. The maximum atomic E-state index is 11.9. The molecule has 0 spiro atoms. The molecule has 7 heteroatoms. The number of benzene rings is 1. The first-order valence-electron chi connectivity index (χ1n) is 7.57. The molecule has 0 aromatic heterocycles. The third-order valence-corrected chi connectivity index (χ3v) is 6.36. The van der Waals surface area contributed by atoms with E-state index in [0.717, 1.165) is 30.6 Å². The summed E-state index contributed by atoms with van der Waals surface area (Å²) in [6, 6.07) is 5.32. The Morgan fingerprint density at radius 3 is 2.68 bits per heavy atom. The highest BCUT2D eigenvalue weighted by Crippen LogP contribution is 2.30. The van der Waals surface area contributed by atoms with Gasteiger partial charge in [-0.2, -0.15) is 0 Å². The summed E-state index contributed by atoms with van der Waals surface area (Å²) in [7, 11) is -3.07. The zero-order valence-corrected chi connectivity index (χ0v) is 13.2. The molecule has 2 aliphatic rings. The van der Waals surface area contributed by atoms with E-state index in [2.05, 4.69) is 4.90 Å². The van der Waals surface area contributed by atoms with Crippen LogP contribution in [0.3, 0.4) is 0 Å². The van der Waals surface area contributed by atoms with Crippen molar-refractivity contribution in [3.63, 3.8) is 0 Å². The van der Waals surface area contributed by atoms with E-state index in [9.17, 15) is 18.3 Å². The molecule has 22 heavy (non-hydrogen) atoms. The Hall–Kier alpha value is -1.60. The van der Waals surface area contributed by atoms with Gasteiger partial charge in [-0.05, 0) is 37.0 Å². The molecule has 2 aliphatic heterocycles. The Labute approximate surface area is 130 Å². The number of sulfonamides is 1. The highest BCUT2D eigenvalue weighted by atomic mass is 32.2. The van der Waals surface area contributed by atoms with Gasteiger partial charge >= 0.3 is 5.97 Å². The van der Waals surface area contributed by atoms with Crippen LogP contribution in [0.15, 0.2) is 18.2 Å². The second kappa shape index (κ2) is 5.89. The van der Waals surface area contributed by atoms with Gasteiger partial charge in [0, 0.05) is 31.9 Å². The highest BCUT2D eigenvalue weighted by Gasteiger charge is 2.29. The number of fused-ring (bicyclic) bond motifs is 1. The Morgan fingerprint density at radius 1 is 1.18 bits per heavy atom. The van der Waals surface area contributed by atoms with E-state index >= 15 is 0 Å². The van der Waals surface area contributed by atoms with Gasteiger partial charge in [-0.3, -0.25) is 0 Å². The molecule has 2 heterocycles. The van der Waals surface area contributed by atoms with Crippen LogP contribution in [0.2, 0.25) is 0 Å². The summed E-state index contributed by atoms with van der Waals surface area (Å²) < 4.78 is 25.3. The normalized spacial score (nSPS) is 20.8. The van der Waals surface area contributed by atoms with Crippen LogP contribution in [-0.2, 0) is 16.4 Å². The molecule has 1 aromatic carbocycles. The molecule has 1 aromatic rings. The Balaban J connectivity index is 1.78. The molecular formula is C15H20N2O4S. The van der Waals surface area contributed by atoms with E-state index < -0.39 is 16.0 Å². The molecule has 1 N–H and O–H groups in total. The SMILES string of the molecule is O=C(O)c1cccc2c1CCCN2CCN1CCCS1(=O)=O. The van der Waals surface area contributed by atoms with E-state index in [-0.39, 0.29) is 5.75 Å². The third kappa shape index (κ3) is 2.83. The molecule has 0 bridgehead atoms. The van der Waals surface area contributed by atoms with Crippen LogP contribution in [0.1, 0.15) is 28.8 Å². The quantitative estimate of drug-likeness (QED) is 0.899. The monoisotopic (exact) mass is 324 g/mol. The van der Waals surface area contributed by atoms with Gasteiger partial charge in [-0.15, -0.1) is 0 Å². The van der Waals surface area contributed by atoms with Crippen molar-refractivity contribution in [1.29, 1.82) is 0 Å². The van der Waals surface area contributed by atoms with Gasteiger partial charge in [0.25, 0.3) is 0 Å². The number of carbonyl (C=O) groups is 1. The Kier molecular flexibility index (Phi) is 4.10. The summed E-state index contributed by atoms with van der Waals surface area (Å²) in [5, 5.41) is 9.29. The van der Waals surface area contributed by atoms with Crippen LogP contribution in [-0.4, -0.2) is 55.7 Å². The highest BCUT2D eigenvalue weighted by molar-refractivity contribution is 7.89. The Morgan fingerprint density at radius 2 is 2.00 bits per heavy atom. The van der Waals surface area contributed by atoms with E-state index in [1.807, 2.05) is 6.07 Å². The number of rotatable bonds is 4. The van der Waals surface area contributed by atoms with Crippen LogP contribution in [0.25, 0.3) is 0 Å².